The third-order valence-electron chi connectivity index (χ3n) is 2.39. The SMILES string of the molecule is CNC(COC(C)C)c1ccc(F)c(F)c1Br. The van der Waals surface area contributed by atoms with Gasteiger partial charge in [-0.1, -0.05) is 6.07 Å². The zero-order valence-corrected chi connectivity index (χ0v) is 11.6. The fourth-order valence-corrected chi connectivity index (χ4v) is 2.03. The van der Waals surface area contributed by atoms with Gasteiger partial charge in [0.15, 0.2) is 11.6 Å². The molecule has 1 aromatic carbocycles. The van der Waals surface area contributed by atoms with Gasteiger partial charge < -0.3 is 10.1 Å². The highest BCUT2D eigenvalue weighted by molar-refractivity contribution is 9.10. The van der Waals surface area contributed by atoms with Crippen LogP contribution in [-0.4, -0.2) is 19.8 Å². The molecule has 0 saturated carbocycles. The van der Waals surface area contributed by atoms with Crippen LogP contribution in [0.3, 0.4) is 0 Å². The van der Waals surface area contributed by atoms with E-state index in [-0.39, 0.29) is 16.6 Å². The molecular weight excluding hydrogens is 292 g/mol. The van der Waals surface area contributed by atoms with E-state index in [0.717, 1.165) is 6.07 Å². The Morgan fingerprint density at radius 1 is 1.35 bits per heavy atom. The largest absolute Gasteiger partial charge is 0.377 e. The van der Waals surface area contributed by atoms with E-state index in [2.05, 4.69) is 21.2 Å². The molecule has 1 aromatic rings. The first-order chi connectivity index (χ1) is 7.97. The molecule has 0 aromatic heterocycles. The first-order valence-corrected chi connectivity index (χ1v) is 6.19. The van der Waals surface area contributed by atoms with E-state index in [0.29, 0.717) is 12.2 Å². The Bertz CT molecular complexity index is 385. The van der Waals surface area contributed by atoms with Crippen LogP contribution in [0.4, 0.5) is 8.78 Å². The molecular formula is C12H16BrF2NO. The molecule has 0 spiro atoms. The first kappa shape index (κ1) is 14.5. The van der Waals surface area contributed by atoms with E-state index in [9.17, 15) is 8.78 Å². The minimum absolute atomic E-state index is 0.0925. The molecule has 0 aliphatic carbocycles. The molecule has 0 fully saturated rings. The second-order valence-electron chi connectivity index (χ2n) is 3.99. The van der Waals surface area contributed by atoms with Crippen LogP contribution in [-0.2, 0) is 4.74 Å². The standard InChI is InChI=1S/C12H16BrF2NO/c1-7(2)17-6-10(16-3)8-4-5-9(14)12(15)11(8)13/h4-5,7,10,16H,6H2,1-3H3. The summed E-state index contributed by atoms with van der Waals surface area (Å²) in [5.74, 6) is -1.73. The lowest BCUT2D eigenvalue weighted by atomic mass is 10.1. The molecule has 5 heteroatoms. The van der Waals surface area contributed by atoms with E-state index < -0.39 is 11.6 Å². The lowest BCUT2D eigenvalue weighted by Crippen LogP contribution is -2.24. The predicted octanol–water partition coefficient (Wildman–Crippen LogP) is 3.41. The zero-order valence-electron chi connectivity index (χ0n) is 10.1. The van der Waals surface area contributed by atoms with E-state index in [1.54, 1.807) is 13.1 Å². The first-order valence-electron chi connectivity index (χ1n) is 5.39. The van der Waals surface area contributed by atoms with Crippen LogP contribution in [0.1, 0.15) is 25.5 Å². The van der Waals surface area contributed by atoms with E-state index in [4.69, 9.17) is 4.74 Å². The third-order valence-corrected chi connectivity index (χ3v) is 3.19. The van der Waals surface area contributed by atoms with Crippen molar-refractivity contribution in [2.45, 2.75) is 26.0 Å². The van der Waals surface area contributed by atoms with E-state index >= 15 is 0 Å². The number of likely N-dealkylation sites (N-methyl/N-ethyl adjacent to an activating group) is 1. The van der Waals surface area contributed by atoms with Gasteiger partial charge in [0.1, 0.15) is 0 Å². The van der Waals surface area contributed by atoms with Gasteiger partial charge in [-0.05, 0) is 48.5 Å². The van der Waals surface area contributed by atoms with Crippen molar-refractivity contribution in [1.29, 1.82) is 0 Å². The maximum Gasteiger partial charge on any atom is 0.173 e. The molecule has 1 rings (SSSR count). The Morgan fingerprint density at radius 2 is 2.00 bits per heavy atom. The number of nitrogens with one attached hydrogen (secondary N) is 1. The molecule has 0 aliphatic rings. The fourth-order valence-electron chi connectivity index (χ4n) is 1.43. The molecule has 0 amide bonds. The van der Waals surface area contributed by atoms with Gasteiger partial charge in [0.05, 0.1) is 23.2 Å². The summed E-state index contributed by atoms with van der Waals surface area (Å²) in [4.78, 5) is 0. The second kappa shape index (κ2) is 6.42. The maximum absolute atomic E-state index is 13.4. The van der Waals surface area contributed by atoms with Crippen molar-refractivity contribution in [2.24, 2.45) is 0 Å². The number of benzene rings is 1. The average molecular weight is 308 g/mol. The van der Waals surface area contributed by atoms with Gasteiger partial charge in [-0.3, -0.25) is 0 Å². The van der Waals surface area contributed by atoms with Crippen molar-refractivity contribution in [3.63, 3.8) is 0 Å². The zero-order chi connectivity index (χ0) is 13.0. The molecule has 1 N–H and O–H groups in total. The Balaban J connectivity index is 2.92. The Kier molecular flexibility index (Phi) is 5.49. The molecule has 1 atom stereocenters. The summed E-state index contributed by atoms with van der Waals surface area (Å²) in [6.45, 7) is 4.25. The molecule has 1 unspecified atom stereocenters. The van der Waals surface area contributed by atoms with Crippen LogP contribution in [0.25, 0.3) is 0 Å². The summed E-state index contributed by atoms with van der Waals surface area (Å²) in [6.07, 6.45) is 0.0925. The van der Waals surface area contributed by atoms with Crippen molar-refractivity contribution >= 4 is 15.9 Å². The number of halogens is 3. The Labute approximate surface area is 108 Å². The fraction of sp³-hybridized carbons (Fsp3) is 0.500. The highest BCUT2D eigenvalue weighted by Gasteiger charge is 2.18. The second-order valence-corrected chi connectivity index (χ2v) is 4.78. The topological polar surface area (TPSA) is 21.3 Å². The molecule has 96 valence electrons. The van der Waals surface area contributed by atoms with Crippen LogP contribution < -0.4 is 5.32 Å². The van der Waals surface area contributed by atoms with Crippen molar-refractivity contribution < 1.29 is 13.5 Å². The van der Waals surface area contributed by atoms with E-state index in [1.165, 1.54) is 0 Å². The number of hydrogen-bond donors (Lipinski definition) is 1. The van der Waals surface area contributed by atoms with Crippen molar-refractivity contribution in [3.05, 3.63) is 33.8 Å². The summed E-state index contributed by atoms with van der Waals surface area (Å²) in [5.41, 5.74) is 0.645. The smallest absolute Gasteiger partial charge is 0.173 e. The van der Waals surface area contributed by atoms with Gasteiger partial charge in [0, 0.05) is 0 Å². The highest BCUT2D eigenvalue weighted by Crippen LogP contribution is 2.28. The van der Waals surface area contributed by atoms with Gasteiger partial charge in [-0.25, -0.2) is 8.78 Å². The quantitative estimate of drug-likeness (QED) is 0.842. The summed E-state index contributed by atoms with van der Waals surface area (Å²) in [6, 6.07) is 2.49. The summed E-state index contributed by atoms with van der Waals surface area (Å²) in [7, 11) is 1.75. The van der Waals surface area contributed by atoms with Crippen molar-refractivity contribution in [2.75, 3.05) is 13.7 Å². The maximum atomic E-state index is 13.4. The lowest BCUT2D eigenvalue weighted by molar-refractivity contribution is 0.0624. The Hall–Kier alpha value is -0.520. The van der Waals surface area contributed by atoms with Gasteiger partial charge in [0.25, 0.3) is 0 Å². The van der Waals surface area contributed by atoms with Crippen LogP contribution in [0, 0.1) is 11.6 Å². The van der Waals surface area contributed by atoms with Gasteiger partial charge in [-0.2, -0.15) is 0 Å². The van der Waals surface area contributed by atoms with E-state index in [1.807, 2.05) is 13.8 Å². The Morgan fingerprint density at radius 3 is 2.53 bits per heavy atom. The minimum atomic E-state index is -0.868. The number of hydrogen-bond acceptors (Lipinski definition) is 2. The third kappa shape index (κ3) is 3.72. The minimum Gasteiger partial charge on any atom is -0.377 e. The molecule has 0 radical (unpaired) electrons. The monoisotopic (exact) mass is 307 g/mol. The predicted molar refractivity (Wildman–Crippen MR) is 66.9 cm³/mol. The van der Waals surface area contributed by atoms with Crippen LogP contribution in [0.2, 0.25) is 0 Å². The molecule has 0 saturated heterocycles. The van der Waals surface area contributed by atoms with Gasteiger partial charge in [0.2, 0.25) is 0 Å². The van der Waals surface area contributed by atoms with Crippen LogP contribution in [0.5, 0.6) is 0 Å². The summed E-state index contributed by atoms with van der Waals surface area (Å²) in [5, 5.41) is 3.02. The van der Waals surface area contributed by atoms with Gasteiger partial charge in [-0.15, -0.1) is 0 Å². The van der Waals surface area contributed by atoms with Crippen molar-refractivity contribution in [3.8, 4) is 0 Å². The van der Waals surface area contributed by atoms with Crippen LogP contribution >= 0.6 is 15.9 Å². The molecule has 17 heavy (non-hydrogen) atoms. The van der Waals surface area contributed by atoms with Crippen molar-refractivity contribution in [1.82, 2.24) is 5.32 Å². The molecule has 2 nitrogen and oxygen atoms in total. The summed E-state index contributed by atoms with van der Waals surface area (Å²) >= 11 is 3.07. The lowest BCUT2D eigenvalue weighted by Gasteiger charge is -2.20. The number of rotatable bonds is 5. The average Bonchev–Trinajstić information content (AvgIpc) is 2.29. The molecule has 0 bridgehead atoms. The van der Waals surface area contributed by atoms with Crippen LogP contribution in [0.15, 0.2) is 16.6 Å². The normalized spacial score (nSPS) is 13.1. The molecule has 0 heterocycles. The number of ether oxygens (including phenoxy) is 1. The molecule has 0 aliphatic heterocycles. The summed E-state index contributed by atoms with van der Waals surface area (Å²) < 4.78 is 32.0. The highest BCUT2D eigenvalue weighted by atomic mass is 79.9. The van der Waals surface area contributed by atoms with Gasteiger partial charge >= 0.3 is 0 Å².